The Balaban J connectivity index is 2.13. The third-order valence-corrected chi connectivity index (χ3v) is 3.54. The van der Waals surface area contributed by atoms with Crippen molar-refractivity contribution in [3.05, 3.63) is 57.6 Å². The van der Waals surface area contributed by atoms with E-state index >= 15 is 0 Å². The van der Waals surface area contributed by atoms with Crippen LogP contribution in [0.15, 0.2) is 36.4 Å². The first-order valence-corrected chi connectivity index (χ1v) is 6.43. The van der Waals surface area contributed by atoms with Gasteiger partial charge in [-0.2, -0.15) is 0 Å². The van der Waals surface area contributed by atoms with E-state index in [0.29, 0.717) is 15.8 Å². The van der Waals surface area contributed by atoms with E-state index in [1.165, 1.54) is 18.2 Å². The summed E-state index contributed by atoms with van der Waals surface area (Å²) in [6, 6.07) is 9.65. The Labute approximate surface area is 125 Å². The van der Waals surface area contributed by atoms with Crippen molar-refractivity contribution in [3.8, 4) is 5.75 Å². The van der Waals surface area contributed by atoms with Gasteiger partial charge in [-0.05, 0) is 18.2 Å². The van der Waals surface area contributed by atoms with Crippen molar-refractivity contribution in [2.75, 3.05) is 5.73 Å². The number of rotatable bonds is 4. The van der Waals surface area contributed by atoms with Gasteiger partial charge >= 0.3 is 5.97 Å². The third-order valence-electron chi connectivity index (χ3n) is 2.68. The van der Waals surface area contributed by atoms with E-state index in [1.54, 1.807) is 18.2 Å². The Morgan fingerprint density at radius 3 is 2.65 bits per heavy atom. The number of halogens is 2. The Kier molecular flexibility index (Phi) is 4.37. The number of aromatic carboxylic acids is 1. The van der Waals surface area contributed by atoms with Crippen LogP contribution in [0.3, 0.4) is 0 Å². The molecule has 20 heavy (non-hydrogen) atoms. The zero-order chi connectivity index (χ0) is 14.7. The molecule has 0 heterocycles. The lowest BCUT2D eigenvalue weighted by atomic mass is 10.2. The molecule has 0 saturated heterocycles. The average Bonchev–Trinajstić information content (AvgIpc) is 2.40. The highest BCUT2D eigenvalue weighted by atomic mass is 35.5. The summed E-state index contributed by atoms with van der Waals surface area (Å²) in [7, 11) is 0. The highest BCUT2D eigenvalue weighted by molar-refractivity contribution is 6.42. The normalized spacial score (nSPS) is 10.3. The maximum absolute atomic E-state index is 10.8. The molecule has 0 aliphatic rings. The fourth-order valence-electron chi connectivity index (χ4n) is 1.65. The van der Waals surface area contributed by atoms with Crippen LogP contribution >= 0.6 is 23.2 Å². The van der Waals surface area contributed by atoms with Crippen LogP contribution in [0, 0.1) is 0 Å². The number of hydrogen-bond donors (Lipinski definition) is 2. The lowest BCUT2D eigenvalue weighted by molar-refractivity contribution is 0.0698. The number of ether oxygens (including phenoxy) is 1. The average molecular weight is 312 g/mol. The molecule has 2 aromatic carbocycles. The molecule has 0 aromatic heterocycles. The zero-order valence-corrected chi connectivity index (χ0v) is 11.8. The number of carboxylic acid groups (broad SMARTS) is 1. The van der Waals surface area contributed by atoms with Crippen molar-refractivity contribution in [3.63, 3.8) is 0 Å². The molecular formula is C14H11Cl2NO3. The van der Waals surface area contributed by atoms with Gasteiger partial charge in [0.25, 0.3) is 0 Å². The first-order chi connectivity index (χ1) is 9.49. The molecule has 104 valence electrons. The Hall–Kier alpha value is -1.91. The second-order valence-corrected chi connectivity index (χ2v) is 4.84. The third kappa shape index (κ3) is 3.15. The van der Waals surface area contributed by atoms with E-state index in [1.807, 2.05) is 0 Å². The smallest absolute Gasteiger partial charge is 0.337 e. The van der Waals surface area contributed by atoms with Gasteiger partial charge in [0, 0.05) is 17.3 Å². The number of carbonyl (C=O) groups is 1. The van der Waals surface area contributed by atoms with E-state index in [4.69, 9.17) is 38.8 Å². The molecule has 0 saturated carbocycles. The quantitative estimate of drug-likeness (QED) is 0.841. The number of carboxylic acids is 1. The molecule has 0 aliphatic carbocycles. The van der Waals surface area contributed by atoms with Gasteiger partial charge in [0.15, 0.2) is 0 Å². The molecule has 0 fully saturated rings. The Bertz CT molecular complexity index is 659. The molecule has 6 heteroatoms. The van der Waals surface area contributed by atoms with E-state index in [2.05, 4.69) is 0 Å². The number of hydrogen-bond acceptors (Lipinski definition) is 3. The molecule has 0 bridgehead atoms. The fraction of sp³-hybridized carbons (Fsp3) is 0.0714. The minimum absolute atomic E-state index is 0.0399. The van der Waals surface area contributed by atoms with E-state index in [0.717, 1.165) is 5.56 Å². The van der Waals surface area contributed by atoms with Crippen LogP contribution in [0.25, 0.3) is 0 Å². The van der Waals surface area contributed by atoms with E-state index < -0.39 is 5.97 Å². The SMILES string of the molecule is Nc1cc(OCc2cccc(Cl)c2Cl)ccc1C(=O)O. The molecule has 2 rings (SSSR count). The minimum Gasteiger partial charge on any atom is -0.489 e. The van der Waals surface area contributed by atoms with Gasteiger partial charge in [-0.25, -0.2) is 4.79 Å². The largest absolute Gasteiger partial charge is 0.489 e. The van der Waals surface area contributed by atoms with Crippen LogP contribution in [-0.4, -0.2) is 11.1 Å². The lowest BCUT2D eigenvalue weighted by Crippen LogP contribution is -2.03. The summed E-state index contributed by atoms with van der Waals surface area (Å²) >= 11 is 11.9. The summed E-state index contributed by atoms with van der Waals surface area (Å²) in [5, 5.41) is 9.77. The second-order valence-electron chi connectivity index (χ2n) is 4.06. The van der Waals surface area contributed by atoms with Crippen LogP contribution in [0.5, 0.6) is 5.75 Å². The van der Waals surface area contributed by atoms with Crippen LogP contribution in [0.4, 0.5) is 5.69 Å². The van der Waals surface area contributed by atoms with Gasteiger partial charge in [-0.1, -0.05) is 35.3 Å². The van der Waals surface area contributed by atoms with Crippen molar-refractivity contribution in [2.45, 2.75) is 6.61 Å². The predicted molar refractivity (Wildman–Crippen MR) is 78.6 cm³/mol. The zero-order valence-electron chi connectivity index (χ0n) is 10.3. The molecule has 0 amide bonds. The lowest BCUT2D eigenvalue weighted by Gasteiger charge is -2.10. The van der Waals surface area contributed by atoms with Crippen LogP contribution < -0.4 is 10.5 Å². The Morgan fingerprint density at radius 1 is 1.25 bits per heavy atom. The van der Waals surface area contributed by atoms with Crippen molar-refractivity contribution >= 4 is 34.9 Å². The van der Waals surface area contributed by atoms with Gasteiger partial charge in [0.2, 0.25) is 0 Å². The number of nitrogen functional groups attached to an aromatic ring is 1. The van der Waals surface area contributed by atoms with Gasteiger partial charge in [-0.3, -0.25) is 0 Å². The van der Waals surface area contributed by atoms with E-state index in [-0.39, 0.29) is 17.9 Å². The summed E-state index contributed by atoms with van der Waals surface area (Å²) in [4.78, 5) is 10.8. The number of benzene rings is 2. The molecule has 3 N–H and O–H groups in total. The van der Waals surface area contributed by atoms with Crippen molar-refractivity contribution in [1.29, 1.82) is 0 Å². The fourth-order valence-corrected chi connectivity index (χ4v) is 2.02. The highest BCUT2D eigenvalue weighted by Crippen LogP contribution is 2.27. The second kappa shape index (κ2) is 6.03. The molecule has 0 radical (unpaired) electrons. The maximum Gasteiger partial charge on any atom is 0.337 e. The monoisotopic (exact) mass is 311 g/mol. The molecule has 2 aromatic rings. The molecule has 0 unspecified atom stereocenters. The summed E-state index contributed by atoms with van der Waals surface area (Å²) in [5.41, 5.74) is 6.56. The first-order valence-electron chi connectivity index (χ1n) is 5.67. The molecule has 0 atom stereocenters. The minimum atomic E-state index is -1.08. The first kappa shape index (κ1) is 14.5. The topological polar surface area (TPSA) is 72.5 Å². The van der Waals surface area contributed by atoms with E-state index in [9.17, 15) is 4.79 Å². The Morgan fingerprint density at radius 2 is 2.00 bits per heavy atom. The van der Waals surface area contributed by atoms with Gasteiger partial charge in [0.1, 0.15) is 12.4 Å². The molecule has 0 aliphatic heterocycles. The molecule has 0 spiro atoms. The summed E-state index contributed by atoms with van der Waals surface area (Å²) in [6.45, 7) is 0.214. The van der Waals surface area contributed by atoms with Crippen LogP contribution in [0.2, 0.25) is 10.0 Å². The number of nitrogens with two attached hydrogens (primary N) is 1. The highest BCUT2D eigenvalue weighted by Gasteiger charge is 2.09. The van der Waals surface area contributed by atoms with Crippen LogP contribution in [-0.2, 0) is 6.61 Å². The molecular weight excluding hydrogens is 301 g/mol. The summed E-state index contributed by atoms with van der Waals surface area (Å²) in [5.74, 6) is -0.615. The van der Waals surface area contributed by atoms with Crippen LogP contribution in [0.1, 0.15) is 15.9 Å². The molecule has 4 nitrogen and oxygen atoms in total. The summed E-state index contributed by atoms with van der Waals surface area (Å²) < 4.78 is 5.53. The van der Waals surface area contributed by atoms with Crippen molar-refractivity contribution < 1.29 is 14.6 Å². The van der Waals surface area contributed by atoms with Crippen molar-refractivity contribution in [2.24, 2.45) is 0 Å². The number of anilines is 1. The summed E-state index contributed by atoms with van der Waals surface area (Å²) in [6.07, 6.45) is 0. The predicted octanol–water partition coefficient (Wildman–Crippen LogP) is 3.85. The van der Waals surface area contributed by atoms with Gasteiger partial charge < -0.3 is 15.6 Å². The standard InChI is InChI=1S/C14H11Cl2NO3/c15-11-3-1-2-8(13(11)16)7-20-9-4-5-10(14(18)19)12(17)6-9/h1-6H,7,17H2,(H,18,19). The van der Waals surface area contributed by atoms with Gasteiger partial charge in [0.05, 0.1) is 15.6 Å². The maximum atomic E-state index is 10.8. The van der Waals surface area contributed by atoms with Gasteiger partial charge in [-0.15, -0.1) is 0 Å². The van der Waals surface area contributed by atoms with Crippen molar-refractivity contribution in [1.82, 2.24) is 0 Å².